The van der Waals surface area contributed by atoms with Gasteiger partial charge in [-0.15, -0.1) is 0 Å². The van der Waals surface area contributed by atoms with E-state index in [2.05, 4.69) is 17.2 Å². The van der Waals surface area contributed by atoms with Crippen molar-refractivity contribution in [1.29, 1.82) is 0 Å². The number of anilines is 1. The molecule has 2 aromatic rings. The fourth-order valence-corrected chi connectivity index (χ4v) is 2.94. The number of nitrogens with zero attached hydrogens (tertiary/aromatic N) is 1. The summed E-state index contributed by atoms with van der Waals surface area (Å²) in [5.41, 5.74) is 3.85. The molecule has 0 bridgehead atoms. The third kappa shape index (κ3) is 4.78. The standard InChI is InChI=1S/C22H26N2O2/c1-3-4-5-19-13-18(10-11-23-19)22(26)24-20-14-17(9-6-15(20)2)21(25)12-16-7-8-16/h6,9-11,13-14,16H,3-5,7-8,12H2,1-2H3,(H,24,26). The molecule has 1 aliphatic carbocycles. The van der Waals surface area contributed by atoms with Crippen LogP contribution in [0.25, 0.3) is 0 Å². The quantitative estimate of drug-likeness (QED) is 0.684. The number of nitrogens with one attached hydrogen (secondary N) is 1. The van der Waals surface area contributed by atoms with Gasteiger partial charge in [0.1, 0.15) is 0 Å². The van der Waals surface area contributed by atoms with Crippen LogP contribution in [0.5, 0.6) is 0 Å². The average Bonchev–Trinajstić information content (AvgIpc) is 3.46. The molecule has 0 radical (unpaired) electrons. The maximum atomic E-state index is 12.6. The second kappa shape index (κ2) is 8.26. The lowest BCUT2D eigenvalue weighted by Gasteiger charge is -2.11. The molecule has 1 aliphatic rings. The fraction of sp³-hybridized carbons (Fsp3) is 0.409. The van der Waals surface area contributed by atoms with E-state index in [0.29, 0.717) is 29.2 Å². The van der Waals surface area contributed by atoms with Crippen molar-refractivity contribution in [2.75, 3.05) is 5.32 Å². The molecule has 0 saturated heterocycles. The van der Waals surface area contributed by atoms with E-state index >= 15 is 0 Å². The van der Waals surface area contributed by atoms with Gasteiger partial charge in [-0.3, -0.25) is 14.6 Å². The Morgan fingerprint density at radius 2 is 1.96 bits per heavy atom. The molecule has 1 heterocycles. The van der Waals surface area contributed by atoms with Crippen LogP contribution in [0.2, 0.25) is 0 Å². The monoisotopic (exact) mass is 350 g/mol. The molecule has 0 spiro atoms. The molecule has 1 saturated carbocycles. The van der Waals surface area contributed by atoms with Gasteiger partial charge in [-0.25, -0.2) is 0 Å². The summed E-state index contributed by atoms with van der Waals surface area (Å²) in [6.45, 7) is 4.07. The minimum Gasteiger partial charge on any atom is -0.322 e. The molecule has 3 rings (SSSR count). The SMILES string of the molecule is CCCCc1cc(C(=O)Nc2cc(C(=O)CC3CC3)ccc2C)ccn1. The smallest absolute Gasteiger partial charge is 0.255 e. The number of hydrogen-bond donors (Lipinski definition) is 1. The van der Waals surface area contributed by atoms with Crippen LogP contribution in [0.4, 0.5) is 5.69 Å². The Bertz CT molecular complexity index is 810. The van der Waals surface area contributed by atoms with Gasteiger partial charge in [-0.2, -0.15) is 0 Å². The second-order valence-electron chi connectivity index (χ2n) is 7.19. The van der Waals surface area contributed by atoms with Crippen LogP contribution >= 0.6 is 0 Å². The Kier molecular flexibility index (Phi) is 5.82. The molecule has 26 heavy (non-hydrogen) atoms. The highest BCUT2D eigenvalue weighted by Crippen LogP contribution is 2.33. The maximum Gasteiger partial charge on any atom is 0.255 e. The van der Waals surface area contributed by atoms with Crippen LogP contribution in [0.3, 0.4) is 0 Å². The lowest BCUT2D eigenvalue weighted by Crippen LogP contribution is -2.14. The van der Waals surface area contributed by atoms with Gasteiger partial charge in [0.2, 0.25) is 0 Å². The van der Waals surface area contributed by atoms with Gasteiger partial charge in [-0.1, -0.05) is 25.5 Å². The maximum absolute atomic E-state index is 12.6. The van der Waals surface area contributed by atoms with Crippen LogP contribution in [-0.4, -0.2) is 16.7 Å². The van der Waals surface area contributed by atoms with E-state index in [4.69, 9.17) is 0 Å². The lowest BCUT2D eigenvalue weighted by atomic mass is 10.0. The van der Waals surface area contributed by atoms with Gasteiger partial charge in [0, 0.05) is 35.1 Å². The summed E-state index contributed by atoms with van der Waals surface area (Å²) in [4.78, 5) is 29.3. The Balaban J connectivity index is 1.73. The summed E-state index contributed by atoms with van der Waals surface area (Å²) in [5.74, 6) is 0.550. The minimum absolute atomic E-state index is 0.161. The number of rotatable bonds is 8. The van der Waals surface area contributed by atoms with E-state index < -0.39 is 0 Å². The van der Waals surface area contributed by atoms with Gasteiger partial charge in [-0.05, 0) is 62.3 Å². The summed E-state index contributed by atoms with van der Waals surface area (Å²) in [6, 6.07) is 9.13. The number of carbonyl (C=O) groups is 2. The predicted molar refractivity (Wildman–Crippen MR) is 104 cm³/mol. The lowest BCUT2D eigenvalue weighted by molar-refractivity contribution is 0.0974. The molecular formula is C22H26N2O2. The molecule has 0 unspecified atom stereocenters. The normalized spacial score (nSPS) is 13.5. The third-order valence-corrected chi connectivity index (χ3v) is 4.84. The van der Waals surface area contributed by atoms with Gasteiger partial charge in [0.15, 0.2) is 5.78 Å². The van der Waals surface area contributed by atoms with E-state index in [0.717, 1.165) is 43.4 Å². The zero-order chi connectivity index (χ0) is 18.5. The van der Waals surface area contributed by atoms with Crippen molar-refractivity contribution in [3.8, 4) is 0 Å². The van der Waals surface area contributed by atoms with E-state index in [1.54, 1.807) is 18.3 Å². The molecule has 4 heteroatoms. The third-order valence-electron chi connectivity index (χ3n) is 4.84. The van der Waals surface area contributed by atoms with Crippen LogP contribution in [0.15, 0.2) is 36.5 Å². The van der Waals surface area contributed by atoms with Crippen molar-refractivity contribution in [2.24, 2.45) is 5.92 Å². The molecule has 136 valence electrons. The largest absolute Gasteiger partial charge is 0.322 e. The van der Waals surface area contributed by atoms with Crippen molar-refractivity contribution < 1.29 is 9.59 Å². The van der Waals surface area contributed by atoms with Crippen molar-refractivity contribution in [2.45, 2.75) is 52.4 Å². The minimum atomic E-state index is -0.167. The van der Waals surface area contributed by atoms with Gasteiger partial charge < -0.3 is 5.32 Å². The summed E-state index contributed by atoms with van der Waals surface area (Å²) in [6.07, 6.45) is 7.64. The highest BCUT2D eigenvalue weighted by molar-refractivity contribution is 6.05. The van der Waals surface area contributed by atoms with Crippen LogP contribution in [-0.2, 0) is 6.42 Å². The topological polar surface area (TPSA) is 59.1 Å². The predicted octanol–water partition coefficient (Wildman–Crippen LogP) is 4.97. The van der Waals surface area contributed by atoms with Crippen LogP contribution in [0.1, 0.15) is 71.0 Å². The van der Waals surface area contributed by atoms with Gasteiger partial charge in [0.05, 0.1) is 0 Å². The molecule has 1 fully saturated rings. The van der Waals surface area contributed by atoms with Crippen LogP contribution in [0, 0.1) is 12.8 Å². The Morgan fingerprint density at radius 1 is 1.15 bits per heavy atom. The molecule has 1 N–H and O–H groups in total. The van der Waals surface area contributed by atoms with Crippen LogP contribution < -0.4 is 5.32 Å². The van der Waals surface area contributed by atoms with E-state index in [1.165, 1.54) is 0 Å². The Labute approximate surface area is 155 Å². The highest BCUT2D eigenvalue weighted by Gasteiger charge is 2.25. The molecule has 1 amide bonds. The first-order valence-corrected chi connectivity index (χ1v) is 9.47. The Morgan fingerprint density at radius 3 is 2.69 bits per heavy atom. The zero-order valence-electron chi connectivity index (χ0n) is 15.5. The first-order valence-electron chi connectivity index (χ1n) is 9.47. The van der Waals surface area contributed by atoms with Crippen molar-refractivity contribution >= 4 is 17.4 Å². The Hall–Kier alpha value is -2.49. The first-order chi connectivity index (χ1) is 12.6. The number of hydrogen-bond acceptors (Lipinski definition) is 3. The van der Waals surface area contributed by atoms with E-state index in [-0.39, 0.29) is 11.7 Å². The number of aryl methyl sites for hydroxylation is 2. The number of amides is 1. The molecule has 0 atom stereocenters. The van der Waals surface area contributed by atoms with Gasteiger partial charge in [0.25, 0.3) is 5.91 Å². The van der Waals surface area contributed by atoms with E-state index in [9.17, 15) is 9.59 Å². The molecule has 0 aliphatic heterocycles. The number of aromatic nitrogens is 1. The van der Waals surface area contributed by atoms with Gasteiger partial charge >= 0.3 is 0 Å². The molecule has 4 nitrogen and oxygen atoms in total. The molecular weight excluding hydrogens is 324 g/mol. The summed E-state index contributed by atoms with van der Waals surface area (Å²) in [5, 5.41) is 2.96. The number of ketones is 1. The highest BCUT2D eigenvalue weighted by atomic mass is 16.1. The number of benzene rings is 1. The summed E-state index contributed by atoms with van der Waals surface area (Å²) < 4.78 is 0. The number of unbranched alkanes of at least 4 members (excludes halogenated alkanes) is 1. The fourth-order valence-electron chi connectivity index (χ4n) is 2.94. The van der Waals surface area contributed by atoms with Crippen molar-refractivity contribution in [3.63, 3.8) is 0 Å². The average molecular weight is 350 g/mol. The zero-order valence-corrected chi connectivity index (χ0v) is 15.5. The second-order valence-corrected chi connectivity index (χ2v) is 7.19. The molecule has 1 aromatic heterocycles. The number of Topliss-reactive ketones (excluding diaryl/α,β-unsaturated/α-hetero) is 1. The van der Waals surface area contributed by atoms with Crippen molar-refractivity contribution in [1.82, 2.24) is 4.98 Å². The molecule has 1 aromatic carbocycles. The number of carbonyl (C=O) groups excluding carboxylic acids is 2. The van der Waals surface area contributed by atoms with Crippen molar-refractivity contribution in [3.05, 3.63) is 58.9 Å². The first kappa shape index (κ1) is 18.3. The summed E-state index contributed by atoms with van der Waals surface area (Å²) in [7, 11) is 0. The van der Waals surface area contributed by atoms with E-state index in [1.807, 2.05) is 25.1 Å². The summed E-state index contributed by atoms with van der Waals surface area (Å²) >= 11 is 0. The number of pyridine rings is 1.